The first-order valence-corrected chi connectivity index (χ1v) is 8.60. The van der Waals surface area contributed by atoms with Crippen LogP contribution in [-0.4, -0.2) is 62.6 Å². The number of tetrazole rings is 1. The summed E-state index contributed by atoms with van der Waals surface area (Å²) in [6.07, 6.45) is 1.52. The highest BCUT2D eigenvalue weighted by Crippen LogP contribution is 2.27. The van der Waals surface area contributed by atoms with E-state index in [-0.39, 0.29) is 11.9 Å². The molecule has 1 aliphatic rings. The van der Waals surface area contributed by atoms with Crippen LogP contribution < -0.4 is 0 Å². The third kappa shape index (κ3) is 3.21. The molecule has 0 bridgehead atoms. The van der Waals surface area contributed by atoms with Crippen molar-refractivity contribution in [1.29, 1.82) is 0 Å². The van der Waals surface area contributed by atoms with Gasteiger partial charge in [-0.05, 0) is 41.2 Å². The molecule has 1 saturated heterocycles. The van der Waals surface area contributed by atoms with Crippen LogP contribution in [0.15, 0.2) is 60.9 Å². The molecule has 0 saturated carbocycles. The maximum absolute atomic E-state index is 13.3. The molecule has 0 spiro atoms. The molecule has 0 radical (unpaired) electrons. The molecular formula is C19H20N6O. The number of likely N-dealkylation sites (N-methyl/N-ethyl adjacent to an activating group) is 1. The summed E-state index contributed by atoms with van der Waals surface area (Å²) in [5.74, 6) is 0.0295. The van der Waals surface area contributed by atoms with Crippen molar-refractivity contribution in [3.8, 4) is 5.69 Å². The number of rotatable bonds is 3. The van der Waals surface area contributed by atoms with Gasteiger partial charge in [-0.2, -0.15) is 0 Å². The van der Waals surface area contributed by atoms with Crippen molar-refractivity contribution in [2.24, 2.45) is 0 Å². The molecule has 1 aliphatic heterocycles. The minimum atomic E-state index is 0.0295. The average molecular weight is 348 g/mol. The van der Waals surface area contributed by atoms with Crippen molar-refractivity contribution < 1.29 is 4.79 Å². The fourth-order valence-electron chi connectivity index (χ4n) is 3.35. The van der Waals surface area contributed by atoms with E-state index >= 15 is 0 Å². The molecule has 7 nitrogen and oxygen atoms in total. The Bertz CT molecular complexity index is 880. The molecule has 7 heteroatoms. The van der Waals surface area contributed by atoms with Gasteiger partial charge in [0.2, 0.25) is 0 Å². The standard InChI is InChI=1S/C19H20N6O/c1-23-10-11-24(18(13-23)15-6-3-2-4-7-15)19(26)16-8-5-9-17(12-16)25-14-20-21-22-25/h2-9,12,14,18H,10-11,13H2,1H3/t18-/m0/s1. The number of piperazine rings is 1. The quantitative estimate of drug-likeness (QED) is 0.722. The van der Waals surface area contributed by atoms with Gasteiger partial charge in [-0.3, -0.25) is 4.79 Å². The minimum Gasteiger partial charge on any atom is -0.329 e. The lowest BCUT2D eigenvalue weighted by Gasteiger charge is -2.40. The molecule has 0 N–H and O–H groups in total. The number of benzene rings is 2. The predicted octanol–water partition coefficient (Wildman–Crippen LogP) is 1.79. The second-order valence-corrected chi connectivity index (χ2v) is 6.49. The van der Waals surface area contributed by atoms with E-state index in [1.165, 1.54) is 6.33 Å². The van der Waals surface area contributed by atoms with Crippen LogP contribution in [0.3, 0.4) is 0 Å². The van der Waals surface area contributed by atoms with E-state index in [1.807, 2.05) is 47.4 Å². The Morgan fingerprint density at radius 1 is 1.08 bits per heavy atom. The molecule has 1 atom stereocenters. The summed E-state index contributed by atoms with van der Waals surface area (Å²) in [4.78, 5) is 17.5. The zero-order valence-electron chi connectivity index (χ0n) is 14.6. The highest BCUT2D eigenvalue weighted by molar-refractivity contribution is 5.95. The molecular weight excluding hydrogens is 328 g/mol. The number of carbonyl (C=O) groups is 1. The molecule has 3 aromatic rings. The Morgan fingerprint density at radius 2 is 1.92 bits per heavy atom. The zero-order chi connectivity index (χ0) is 17.9. The first kappa shape index (κ1) is 16.4. The zero-order valence-corrected chi connectivity index (χ0v) is 14.6. The number of amides is 1. The summed E-state index contributed by atoms with van der Waals surface area (Å²) in [5, 5.41) is 11.2. The third-order valence-electron chi connectivity index (χ3n) is 4.74. The summed E-state index contributed by atoms with van der Waals surface area (Å²) >= 11 is 0. The lowest BCUT2D eigenvalue weighted by Crippen LogP contribution is -2.49. The van der Waals surface area contributed by atoms with Crippen LogP contribution in [0.5, 0.6) is 0 Å². The monoisotopic (exact) mass is 348 g/mol. The fourth-order valence-corrected chi connectivity index (χ4v) is 3.35. The van der Waals surface area contributed by atoms with E-state index in [0.29, 0.717) is 12.1 Å². The number of nitrogens with zero attached hydrogens (tertiary/aromatic N) is 6. The van der Waals surface area contributed by atoms with E-state index in [2.05, 4.69) is 39.6 Å². The Kier molecular flexibility index (Phi) is 4.45. The third-order valence-corrected chi connectivity index (χ3v) is 4.74. The van der Waals surface area contributed by atoms with E-state index in [1.54, 1.807) is 4.68 Å². The SMILES string of the molecule is CN1CCN(C(=O)c2cccc(-n3cnnn3)c2)[C@H](c2ccccc2)C1. The fraction of sp³-hybridized carbons (Fsp3) is 0.263. The van der Waals surface area contributed by atoms with Gasteiger partial charge in [0, 0.05) is 25.2 Å². The van der Waals surface area contributed by atoms with E-state index in [4.69, 9.17) is 0 Å². The Balaban J connectivity index is 1.65. The molecule has 4 rings (SSSR count). The summed E-state index contributed by atoms with van der Waals surface area (Å²) < 4.78 is 1.55. The molecule has 2 heterocycles. The second-order valence-electron chi connectivity index (χ2n) is 6.49. The van der Waals surface area contributed by atoms with Gasteiger partial charge >= 0.3 is 0 Å². The Labute approximate surface area is 151 Å². The molecule has 1 amide bonds. The molecule has 26 heavy (non-hydrogen) atoms. The number of carbonyl (C=O) groups excluding carboxylic acids is 1. The molecule has 132 valence electrons. The van der Waals surface area contributed by atoms with Crippen LogP contribution in [-0.2, 0) is 0 Å². The van der Waals surface area contributed by atoms with Crippen molar-refractivity contribution in [3.63, 3.8) is 0 Å². The van der Waals surface area contributed by atoms with Crippen LogP contribution in [0, 0.1) is 0 Å². The van der Waals surface area contributed by atoms with Crippen molar-refractivity contribution in [2.45, 2.75) is 6.04 Å². The van der Waals surface area contributed by atoms with Gasteiger partial charge in [0.1, 0.15) is 6.33 Å². The summed E-state index contributed by atoms with van der Waals surface area (Å²) in [6, 6.07) is 17.7. The van der Waals surface area contributed by atoms with Gasteiger partial charge < -0.3 is 9.80 Å². The van der Waals surface area contributed by atoms with Crippen molar-refractivity contribution >= 4 is 5.91 Å². The first-order chi connectivity index (χ1) is 12.7. The van der Waals surface area contributed by atoms with Crippen molar-refractivity contribution in [3.05, 3.63) is 72.1 Å². The van der Waals surface area contributed by atoms with Gasteiger partial charge in [-0.25, -0.2) is 4.68 Å². The summed E-state index contributed by atoms with van der Waals surface area (Å²) in [6.45, 7) is 2.38. The van der Waals surface area contributed by atoms with Gasteiger partial charge in [-0.1, -0.05) is 36.4 Å². The van der Waals surface area contributed by atoms with Crippen LogP contribution in [0.25, 0.3) is 5.69 Å². The highest BCUT2D eigenvalue weighted by atomic mass is 16.2. The van der Waals surface area contributed by atoms with Crippen LogP contribution >= 0.6 is 0 Å². The Morgan fingerprint density at radius 3 is 2.69 bits per heavy atom. The van der Waals surface area contributed by atoms with Gasteiger partial charge in [0.15, 0.2) is 0 Å². The van der Waals surface area contributed by atoms with E-state index in [0.717, 1.165) is 24.3 Å². The average Bonchev–Trinajstić information content (AvgIpc) is 3.23. The Hall–Kier alpha value is -3.06. The normalized spacial score (nSPS) is 18.0. The molecule has 1 aromatic heterocycles. The van der Waals surface area contributed by atoms with Crippen LogP contribution in [0.4, 0.5) is 0 Å². The summed E-state index contributed by atoms with van der Waals surface area (Å²) in [5.41, 5.74) is 2.57. The number of hydrogen-bond acceptors (Lipinski definition) is 5. The molecule has 1 fully saturated rings. The van der Waals surface area contributed by atoms with Crippen molar-refractivity contribution in [2.75, 3.05) is 26.7 Å². The minimum absolute atomic E-state index is 0.0295. The van der Waals surface area contributed by atoms with Gasteiger partial charge in [0.25, 0.3) is 5.91 Å². The molecule has 0 unspecified atom stereocenters. The van der Waals surface area contributed by atoms with Crippen LogP contribution in [0.2, 0.25) is 0 Å². The number of hydrogen-bond donors (Lipinski definition) is 0. The van der Waals surface area contributed by atoms with Gasteiger partial charge in [0.05, 0.1) is 11.7 Å². The topological polar surface area (TPSA) is 67.2 Å². The van der Waals surface area contributed by atoms with Crippen LogP contribution in [0.1, 0.15) is 22.0 Å². The maximum atomic E-state index is 13.3. The highest BCUT2D eigenvalue weighted by Gasteiger charge is 2.30. The van der Waals surface area contributed by atoms with Crippen molar-refractivity contribution in [1.82, 2.24) is 30.0 Å². The maximum Gasteiger partial charge on any atom is 0.254 e. The summed E-state index contributed by atoms with van der Waals surface area (Å²) in [7, 11) is 2.09. The second kappa shape index (κ2) is 7.05. The van der Waals surface area contributed by atoms with E-state index < -0.39 is 0 Å². The predicted molar refractivity (Wildman–Crippen MR) is 96.9 cm³/mol. The van der Waals surface area contributed by atoms with Gasteiger partial charge in [-0.15, -0.1) is 5.10 Å². The smallest absolute Gasteiger partial charge is 0.254 e. The lowest BCUT2D eigenvalue weighted by atomic mass is 10.0. The number of aromatic nitrogens is 4. The van der Waals surface area contributed by atoms with E-state index in [9.17, 15) is 4.79 Å². The first-order valence-electron chi connectivity index (χ1n) is 8.60. The molecule has 2 aromatic carbocycles. The molecule has 0 aliphatic carbocycles. The lowest BCUT2D eigenvalue weighted by molar-refractivity contribution is 0.0498. The largest absolute Gasteiger partial charge is 0.329 e.